The van der Waals surface area contributed by atoms with Crippen molar-refractivity contribution in [1.29, 1.82) is 0 Å². The highest BCUT2D eigenvalue weighted by Gasteiger charge is 2.48. The molecule has 3 aromatic rings. The Morgan fingerprint density at radius 3 is 2.31 bits per heavy atom. The maximum absolute atomic E-state index is 12.9. The van der Waals surface area contributed by atoms with E-state index in [1.165, 1.54) is 30.3 Å². The Morgan fingerprint density at radius 1 is 0.969 bits per heavy atom. The van der Waals surface area contributed by atoms with Gasteiger partial charge in [0.15, 0.2) is 6.10 Å². The molecule has 1 aromatic heterocycles. The molecule has 0 spiro atoms. The quantitative estimate of drug-likeness (QED) is 0.320. The zero-order chi connectivity index (χ0) is 23.2. The number of carbonyl (C=O) groups is 1. The summed E-state index contributed by atoms with van der Waals surface area (Å²) in [7, 11) is 0. The minimum atomic E-state index is -1.89. The predicted molar refractivity (Wildman–Crippen MR) is 106 cm³/mol. The van der Waals surface area contributed by atoms with E-state index < -0.39 is 47.9 Å². The molecule has 11 nitrogen and oxygen atoms in total. The minimum Gasteiger partial charge on any atom is -0.508 e. The monoisotopic (exact) mass is 446 g/mol. The summed E-state index contributed by atoms with van der Waals surface area (Å²) in [6.07, 6.45) is -7.96. The minimum absolute atomic E-state index is 0.0125. The van der Waals surface area contributed by atoms with Crippen LogP contribution in [0.25, 0.3) is 22.1 Å². The standard InChI is InChI=1S/C21H18O11/c22-9-3-1-8(2-4-9)11-7-30-13-6-10(5-12(23)14(13)15(11)24)31-21-18(27)16(25)17(26)19(32-21)20(28)29/h1-7,16-19,21-23,25-27H,(H,28,29)/t16-,17-,18+,19-,21+/m0/s1. The summed E-state index contributed by atoms with van der Waals surface area (Å²) in [5, 5.41) is 58.5. The second kappa shape index (κ2) is 8.13. The number of aliphatic hydroxyl groups is 3. The summed E-state index contributed by atoms with van der Waals surface area (Å²) >= 11 is 0. The molecule has 4 rings (SSSR count). The summed E-state index contributed by atoms with van der Waals surface area (Å²) in [6, 6.07) is 8.02. The zero-order valence-electron chi connectivity index (χ0n) is 16.2. The van der Waals surface area contributed by atoms with Gasteiger partial charge in [0, 0.05) is 12.1 Å². The van der Waals surface area contributed by atoms with Crippen molar-refractivity contribution in [2.45, 2.75) is 30.7 Å². The van der Waals surface area contributed by atoms with E-state index in [9.17, 15) is 35.1 Å². The van der Waals surface area contributed by atoms with Crippen molar-refractivity contribution in [2.24, 2.45) is 0 Å². The number of aliphatic hydroxyl groups excluding tert-OH is 3. The fraction of sp³-hybridized carbons (Fsp3) is 0.238. The first kappa shape index (κ1) is 21.6. The Kier molecular flexibility index (Phi) is 5.48. The molecule has 0 unspecified atom stereocenters. The topological polar surface area (TPSA) is 187 Å². The molecule has 1 fully saturated rings. The lowest BCUT2D eigenvalue weighted by molar-refractivity contribution is -0.271. The summed E-state index contributed by atoms with van der Waals surface area (Å²) < 4.78 is 15.9. The van der Waals surface area contributed by atoms with Crippen molar-refractivity contribution in [3.8, 4) is 28.4 Å². The second-order valence-electron chi connectivity index (χ2n) is 7.19. The SMILES string of the molecule is O=C(O)[C@H]1O[C@@H](Oc2cc(O)c3c(=O)c(-c4ccc(O)cc4)coc3c2)[C@H](O)[C@@H](O)[C@@H]1O. The Morgan fingerprint density at radius 2 is 1.66 bits per heavy atom. The first-order chi connectivity index (χ1) is 15.2. The van der Waals surface area contributed by atoms with Crippen molar-refractivity contribution in [1.82, 2.24) is 0 Å². The van der Waals surface area contributed by atoms with Crippen LogP contribution < -0.4 is 10.2 Å². The molecule has 11 heteroatoms. The number of carboxylic acid groups (broad SMARTS) is 1. The number of aromatic hydroxyl groups is 2. The van der Waals surface area contributed by atoms with Crippen LogP contribution in [0.5, 0.6) is 17.2 Å². The number of ether oxygens (including phenoxy) is 2. The fourth-order valence-electron chi connectivity index (χ4n) is 3.40. The number of carboxylic acids is 1. The molecule has 2 aromatic carbocycles. The van der Waals surface area contributed by atoms with Crippen LogP contribution in [-0.4, -0.2) is 67.3 Å². The molecule has 1 saturated heterocycles. The highest BCUT2D eigenvalue weighted by atomic mass is 16.7. The first-order valence-corrected chi connectivity index (χ1v) is 9.34. The molecule has 0 aliphatic carbocycles. The molecular weight excluding hydrogens is 428 g/mol. The predicted octanol–water partition coefficient (Wildman–Crippen LogP) is 0.142. The van der Waals surface area contributed by atoms with E-state index >= 15 is 0 Å². The van der Waals surface area contributed by atoms with Gasteiger partial charge in [0.2, 0.25) is 11.7 Å². The van der Waals surface area contributed by atoms with Crippen LogP contribution in [-0.2, 0) is 9.53 Å². The third kappa shape index (κ3) is 3.74. The summed E-state index contributed by atoms with van der Waals surface area (Å²) in [5.74, 6) is -2.25. The maximum atomic E-state index is 12.9. The molecule has 5 atom stereocenters. The van der Waals surface area contributed by atoms with Crippen LogP contribution in [0, 0.1) is 0 Å². The van der Waals surface area contributed by atoms with Gasteiger partial charge >= 0.3 is 5.97 Å². The molecule has 168 valence electrons. The fourth-order valence-corrected chi connectivity index (χ4v) is 3.40. The van der Waals surface area contributed by atoms with E-state index in [1.54, 1.807) is 0 Å². The number of rotatable bonds is 4. The number of hydrogen-bond donors (Lipinski definition) is 6. The Labute approximate surface area is 178 Å². The molecular formula is C21H18O11. The Balaban J connectivity index is 1.68. The van der Waals surface area contributed by atoms with Gasteiger partial charge in [-0.15, -0.1) is 0 Å². The summed E-state index contributed by atoms with van der Waals surface area (Å²) in [5.41, 5.74) is -0.0503. The van der Waals surface area contributed by atoms with Crippen LogP contribution in [0.3, 0.4) is 0 Å². The van der Waals surface area contributed by atoms with Gasteiger partial charge in [-0.1, -0.05) is 12.1 Å². The number of fused-ring (bicyclic) bond motifs is 1. The molecule has 0 radical (unpaired) electrons. The van der Waals surface area contributed by atoms with E-state index in [1.807, 2.05) is 0 Å². The molecule has 0 amide bonds. The lowest BCUT2D eigenvalue weighted by Crippen LogP contribution is -2.61. The first-order valence-electron chi connectivity index (χ1n) is 9.34. The molecule has 0 saturated carbocycles. The number of benzene rings is 2. The van der Waals surface area contributed by atoms with Crippen molar-refractivity contribution in [3.63, 3.8) is 0 Å². The van der Waals surface area contributed by atoms with Crippen LogP contribution in [0.15, 0.2) is 51.9 Å². The lowest BCUT2D eigenvalue weighted by Gasteiger charge is -2.38. The second-order valence-corrected chi connectivity index (χ2v) is 7.19. The zero-order valence-corrected chi connectivity index (χ0v) is 16.2. The summed E-state index contributed by atoms with van der Waals surface area (Å²) in [6.45, 7) is 0. The van der Waals surface area contributed by atoms with Crippen molar-refractivity contribution < 1.29 is 49.3 Å². The van der Waals surface area contributed by atoms with Gasteiger partial charge in [-0.2, -0.15) is 0 Å². The number of phenolic OH excluding ortho intramolecular Hbond substituents is 2. The van der Waals surface area contributed by atoms with Gasteiger partial charge in [-0.05, 0) is 17.7 Å². The van der Waals surface area contributed by atoms with Gasteiger partial charge in [0.1, 0.15) is 52.8 Å². The van der Waals surface area contributed by atoms with Gasteiger partial charge in [0.25, 0.3) is 0 Å². The van der Waals surface area contributed by atoms with Gasteiger partial charge < -0.3 is 44.5 Å². The molecule has 0 bridgehead atoms. The number of phenols is 2. The molecule has 1 aliphatic heterocycles. The van der Waals surface area contributed by atoms with Crippen molar-refractivity contribution in [2.75, 3.05) is 0 Å². The van der Waals surface area contributed by atoms with Gasteiger partial charge in [0.05, 0.1) is 5.56 Å². The maximum Gasteiger partial charge on any atom is 0.335 e. The largest absolute Gasteiger partial charge is 0.508 e. The molecule has 32 heavy (non-hydrogen) atoms. The molecule has 2 heterocycles. The van der Waals surface area contributed by atoms with Crippen LogP contribution in [0.4, 0.5) is 0 Å². The van der Waals surface area contributed by atoms with E-state index in [2.05, 4.69) is 0 Å². The van der Waals surface area contributed by atoms with Crippen molar-refractivity contribution in [3.05, 3.63) is 52.9 Å². The smallest absolute Gasteiger partial charge is 0.335 e. The third-order valence-corrected chi connectivity index (χ3v) is 5.07. The van der Waals surface area contributed by atoms with E-state index in [0.29, 0.717) is 5.56 Å². The Bertz CT molecular complexity index is 1220. The molecule has 1 aliphatic rings. The van der Waals surface area contributed by atoms with E-state index in [4.69, 9.17) is 19.0 Å². The van der Waals surface area contributed by atoms with Crippen LogP contribution >= 0.6 is 0 Å². The van der Waals surface area contributed by atoms with Gasteiger partial charge in [-0.3, -0.25) is 4.79 Å². The average Bonchev–Trinajstić information content (AvgIpc) is 2.74. The van der Waals surface area contributed by atoms with Crippen LogP contribution in [0.2, 0.25) is 0 Å². The molecule has 6 N–H and O–H groups in total. The highest BCUT2D eigenvalue weighted by molar-refractivity contribution is 5.88. The third-order valence-electron chi connectivity index (χ3n) is 5.07. The average molecular weight is 446 g/mol. The highest BCUT2D eigenvalue weighted by Crippen LogP contribution is 2.32. The number of aliphatic carboxylic acids is 1. The lowest BCUT2D eigenvalue weighted by atomic mass is 9.99. The summed E-state index contributed by atoms with van der Waals surface area (Å²) in [4.78, 5) is 24.1. The van der Waals surface area contributed by atoms with E-state index in [0.717, 1.165) is 12.3 Å². The number of hydrogen-bond acceptors (Lipinski definition) is 10. The van der Waals surface area contributed by atoms with E-state index in [-0.39, 0.29) is 28.0 Å². The normalized spacial score (nSPS) is 25.5. The Hall–Kier alpha value is -3.64. The van der Waals surface area contributed by atoms with Gasteiger partial charge in [-0.25, -0.2) is 4.79 Å². The van der Waals surface area contributed by atoms with Crippen molar-refractivity contribution >= 4 is 16.9 Å². The van der Waals surface area contributed by atoms with Crippen LogP contribution in [0.1, 0.15) is 0 Å².